The second-order valence-corrected chi connectivity index (χ2v) is 12.0. The Morgan fingerprint density at radius 2 is 1.69 bits per heavy atom. The standard InChI is InChI=1S/C35H33N3O4/c1-3-37-14-6-9-20-17-25-28(19-27(20)37)36(2)34(39)30-29(22-11-4-5-12-23(22)35(40)41)26-18-21-10-7-15-38-16-8-13-24(31(21)38)32(26)42-33(25)30/h4-5,11-12,17-19H,3,6-10,13-16H2,1-2H3. The molecule has 5 heterocycles. The fourth-order valence-corrected chi connectivity index (χ4v) is 7.85. The van der Waals surface area contributed by atoms with Gasteiger partial charge in [0.2, 0.25) is 5.52 Å². The van der Waals surface area contributed by atoms with E-state index < -0.39 is 5.97 Å². The molecule has 0 aliphatic carbocycles. The number of aryl methyl sites for hydroxylation is 4. The second kappa shape index (κ2) is 9.31. The smallest absolute Gasteiger partial charge is 0.424 e. The SMILES string of the molecule is CCN1CCCc2cc3c4oc5c6c7c(cc5c(-c5ccccc5C(=O)[O-])c-4c(=O)[n+](C)c3cc21)CCCN7CCC6. The van der Waals surface area contributed by atoms with E-state index in [1.807, 2.05) is 13.1 Å². The average molecular weight is 560 g/mol. The van der Waals surface area contributed by atoms with E-state index in [0.717, 1.165) is 86.6 Å². The molecule has 0 bridgehead atoms. The average Bonchev–Trinajstić information content (AvgIpc) is 3.02. The lowest BCUT2D eigenvalue weighted by Crippen LogP contribution is -2.48. The van der Waals surface area contributed by atoms with Crippen LogP contribution in [0.25, 0.3) is 44.3 Å². The number of carboxylic acid groups (broad SMARTS) is 1. The number of hydrogen-bond acceptors (Lipinski definition) is 6. The highest BCUT2D eigenvalue weighted by molar-refractivity contribution is 6.11. The van der Waals surface area contributed by atoms with E-state index in [1.54, 1.807) is 22.8 Å². The molecule has 0 N–H and O–H groups in total. The lowest BCUT2D eigenvalue weighted by molar-refractivity contribution is -0.658. The minimum Gasteiger partial charge on any atom is -0.545 e. The minimum absolute atomic E-state index is 0.0745. The molecule has 212 valence electrons. The number of aromatic carboxylic acids is 1. The maximum Gasteiger partial charge on any atom is 0.424 e. The van der Waals surface area contributed by atoms with Crippen LogP contribution >= 0.6 is 0 Å². The van der Waals surface area contributed by atoms with Crippen LogP contribution in [0.4, 0.5) is 11.4 Å². The van der Waals surface area contributed by atoms with Gasteiger partial charge in [-0.05, 0) is 74.3 Å². The predicted octanol–water partition coefficient (Wildman–Crippen LogP) is 4.38. The molecule has 7 nitrogen and oxygen atoms in total. The van der Waals surface area contributed by atoms with E-state index in [1.165, 1.54) is 28.1 Å². The topological polar surface area (TPSA) is 80.7 Å². The van der Waals surface area contributed by atoms with Crippen LogP contribution in [0.2, 0.25) is 0 Å². The van der Waals surface area contributed by atoms with Crippen molar-refractivity contribution in [1.82, 2.24) is 0 Å². The Bertz CT molecular complexity index is 1990. The highest BCUT2D eigenvalue weighted by Crippen LogP contribution is 2.48. The van der Waals surface area contributed by atoms with Crippen LogP contribution < -0.4 is 25.0 Å². The fraction of sp³-hybridized carbons (Fsp3) is 0.343. The zero-order valence-electron chi connectivity index (χ0n) is 24.1. The van der Waals surface area contributed by atoms with Crippen LogP contribution in [0.5, 0.6) is 0 Å². The molecule has 7 heteroatoms. The molecule has 0 unspecified atom stereocenters. The van der Waals surface area contributed by atoms with E-state index in [0.29, 0.717) is 22.5 Å². The van der Waals surface area contributed by atoms with Gasteiger partial charge >= 0.3 is 5.56 Å². The summed E-state index contributed by atoms with van der Waals surface area (Å²) < 4.78 is 8.66. The van der Waals surface area contributed by atoms with Crippen LogP contribution in [-0.4, -0.2) is 32.1 Å². The largest absolute Gasteiger partial charge is 0.545 e. The summed E-state index contributed by atoms with van der Waals surface area (Å²) in [6.45, 7) is 6.13. The lowest BCUT2D eigenvalue weighted by atomic mass is 9.85. The van der Waals surface area contributed by atoms with E-state index >= 15 is 0 Å². The molecule has 5 aliphatic rings. The van der Waals surface area contributed by atoms with Crippen LogP contribution in [0.1, 0.15) is 53.2 Å². The van der Waals surface area contributed by atoms with Crippen LogP contribution in [0.3, 0.4) is 0 Å². The molecule has 0 radical (unpaired) electrons. The Balaban J connectivity index is 1.59. The molecule has 0 atom stereocenters. The first-order chi connectivity index (χ1) is 20.5. The highest BCUT2D eigenvalue weighted by atomic mass is 16.4. The summed E-state index contributed by atoms with van der Waals surface area (Å²) in [4.78, 5) is 31.7. The highest BCUT2D eigenvalue weighted by Gasteiger charge is 2.35. The third-order valence-electron chi connectivity index (χ3n) is 9.76. The van der Waals surface area contributed by atoms with Crippen molar-refractivity contribution in [2.45, 2.75) is 45.4 Å². The summed E-state index contributed by atoms with van der Waals surface area (Å²) in [5, 5.41) is 14.1. The number of nitrogens with zero attached hydrogens (tertiary/aromatic N) is 3. The van der Waals surface area contributed by atoms with Crippen molar-refractivity contribution in [2.24, 2.45) is 7.05 Å². The fourth-order valence-electron chi connectivity index (χ4n) is 7.85. The first kappa shape index (κ1) is 25.3. The number of pyridine rings is 1. The zero-order chi connectivity index (χ0) is 28.7. The molecule has 5 aliphatic heterocycles. The maximum atomic E-state index is 14.4. The second-order valence-electron chi connectivity index (χ2n) is 12.0. The number of carboxylic acids is 1. The molecule has 0 saturated heterocycles. The van der Waals surface area contributed by atoms with Crippen LogP contribution in [0, 0.1) is 0 Å². The Hall–Kier alpha value is -4.39. The van der Waals surface area contributed by atoms with Gasteiger partial charge in [0.1, 0.15) is 18.2 Å². The quantitative estimate of drug-likeness (QED) is 0.186. The number of aromatic nitrogens is 1. The molecule has 3 aromatic rings. The van der Waals surface area contributed by atoms with E-state index in [9.17, 15) is 14.7 Å². The summed E-state index contributed by atoms with van der Waals surface area (Å²) in [6.07, 6.45) is 5.97. The molecular formula is C35H33N3O4. The summed E-state index contributed by atoms with van der Waals surface area (Å²) in [6, 6.07) is 13.4. The van der Waals surface area contributed by atoms with Gasteiger partial charge in [-0.3, -0.25) is 0 Å². The predicted molar refractivity (Wildman–Crippen MR) is 163 cm³/mol. The van der Waals surface area contributed by atoms with Gasteiger partial charge in [-0.15, -0.1) is 0 Å². The summed E-state index contributed by atoms with van der Waals surface area (Å²) in [5.74, 6) is -0.728. The maximum absolute atomic E-state index is 14.4. The number of benzene rings is 3. The molecule has 0 saturated carbocycles. The number of fused-ring (bicyclic) bond motifs is 6. The van der Waals surface area contributed by atoms with Gasteiger partial charge < -0.3 is 24.1 Å². The zero-order valence-corrected chi connectivity index (χ0v) is 24.1. The van der Waals surface area contributed by atoms with Gasteiger partial charge in [0.05, 0.1) is 11.4 Å². The molecular weight excluding hydrogens is 526 g/mol. The summed E-state index contributed by atoms with van der Waals surface area (Å²) in [7, 11) is 1.81. The summed E-state index contributed by atoms with van der Waals surface area (Å²) >= 11 is 0. The molecule has 3 aromatic carbocycles. The Kier molecular flexibility index (Phi) is 5.62. The van der Waals surface area contributed by atoms with E-state index in [4.69, 9.17) is 4.42 Å². The normalized spacial score (nSPS) is 16.2. The molecule has 8 rings (SSSR count). The van der Waals surface area contributed by atoms with Gasteiger partial charge in [0.15, 0.2) is 5.76 Å². The molecule has 0 amide bonds. The Labute approximate surface area is 243 Å². The molecule has 0 spiro atoms. The van der Waals surface area contributed by atoms with Crippen LogP contribution in [-0.2, 0) is 26.3 Å². The first-order valence-electron chi connectivity index (χ1n) is 15.2. The Morgan fingerprint density at radius 1 is 0.952 bits per heavy atom. The van der Waals surface area contributed by atoms with Gasteiger partial charge in [0.25, 0.3) is 0 Å². The number of carbonyl (C=O) groups excluding carboxylic acids is 1. The van der Waals surface area contributed by atoms with Gasteiger partial charge in [-0.25, -0.2) is 4.79 Å². The van der Waals surface area contributed by atoms with Gasteiger partial charge in [0, 0.05) is 65.7 Å². The van der Waals surface area contributed by atoms with Gasteiger partial charge in [-0.1, -0.05) is 24.3 Å². The number of rotatable bonds is 3. The monoisotopic (exact) mass is 559 g/mol. The van der Waals surface area contributed by atoms with E-state index in [-0.39, 0.29) is 11.1 Å². The van der Waals surface area contributed by atoms with Gasteiger partial charge in [-0.2, -0.15) is 4.57 Å². The molecule has 0 aromatic heterocycles. The molecule has 0 fully saturated rings. The van der Waals surface area contributed by atoms with Crippen molar-refractivity contribution in [1.29, 1.82) is 0 Å². The minimum atomic E-state index is -1.26. The third kappa shape index (κ3) is 3.49. The van der Waals surface area contributed by atoms with E-state index in [2.05, 4.69) is 34.9 Å². The summed E-state index contributed by atoms with van der Waals surface area (Å²) in [5.41, 5.74) is 9.12. The third-order valence-corrected chi connectivity index (χ3v) is 9.76. The first-order valence-corrected chi connectivity index (χ1v) is 15.2. The Morgan fingerprint density at radius 3 is 2.50 bits per heavy atom. The van der Waals surface area contributed by atoms with Crippen LogP contribution in [0.15, 0.2) is 51.7 Å². The molecule has 42 heavy (non-hydrogen) atoms. The van der Waals surface area contributed by atoms with Crippen molar-refractivity contribution < 1.29 is 18.9 Å². The van der Waals surface area contributed by atoms with Crippen molar-refractivity contribution >= 4 is 39.2 Å². The van der Waals surface area contributed by atoms with Crippen molar-refractivity contribution in [2.75, 3.05) is 36.0 Å². The number of carbonyl (C=O) groups is 1. The number of hydrogen-bond donors (Lipinski definition) is 0. The van der Waals surface area contributed by atoms with Crippen molar-refractivity contribution in [3.63, 3.8) is 0 Å². The lowest BCUT2D eigenvalue weighted by Gasteiger charge is -2.37. The van der Waals surface area contributed by atoms with Crippen molar-refractivity contribution in [3.05, 3.63) is 75.1 Å². The van der Waals surface area contributed by atoms with Crippen molar-refractivity contribution in [3.8, 4) is 22.5 Å². The number of anilines is 2.